The third-order valence-electron chi connectivity index (χ3n) is 3.20. The first-order valence-corrected chi connectivity index (χ1v) is 6.28. The standard InChI is InChI=1S/C14H22N2O/c1-11-8-16(9-12(2)15-11)10-13-4-6-14(17-3)7-5-13/h4-7,11-12,15H,8-10H2,1-3H3. The summed E-state index contributed by atoms with van der Waals surface area (Å²) in [6.45, 7) is 7.76. The second kappa shape index (κ2) is 5.52. The SMILES string of the molecule is COc1ccc(CN2CC(C)NC(C)C2)cc1. The first kappa shape index (κ1) is 12.4. The fourth-order valence-electron chi connectivity index (χ4n) is 2.56. The predicted octanol–water partition coefficient (Wildman–Crippen LogP) is 1.88. The quantitative estimate of drug-likeness (QED) is 0.864. The lowest BCUT2D eigenvalue weighted by molar-refractivity contribution is 0.166. The third kappa shape index (κ3) is 3.45. The number of rotatable bonds is 3. The van der Waals surface area contributed by atoms with Gasteiger partial charge < -0.3 is 10.1 Å². The van der Waals surface area contributed by atoms with Gasteiger partial charge in [0.2, 0.25) is 0 Å². The average molecular weight is 234 g/mol. The highest BCUT2D eigenvalue weighted by atomic mass is 16.5. The fraction of sp³-hybridized carbons (Fsp3) is 0.571. The third-order valence-corrected chi connectivity index (χ3v) is 3.20. The Bertz CT molecular complexity index is 340. The molecule has 2 unspecified atom stereocenters. The summed E-state index contributed by atoms with van der Waals surface area (Å²) < 4.78 is 5.17. The zero-order valence-electron chi connectivity index (χ0n) is 10.9. The van der Waals surface area contributed by atoms with Crippen LogP contribution in [0.2, 0.25) is 0 Å². The van der Waals surface area contributed by atoms with E-state index in [1.54, 1.807) is 7.11 Å². The van der Waals surface area contributed by atoms with Gasteiger partial charge in [-0.2, -0.15) is 0 Å². The van der Waals surface area contributed by atoms with Crippen LogP contribution in [0.3, 0.4) is 0 Å². The largest absolute Gasteiger partial charge is 0.497 e. The molecule has 2 atom stereocenters. The van der Waals surface area contributed by atoms with Crippen molar-refractivity contribution in [3.63, 3.8) is 0 Å². The number of hydrogen-bond acceptors (Lipinski definition) is 3. The van der Waals surface area contributed by atoms with Crippen LogP contribution in [-0.4, -0.2) is 37.2 Å². The van der Waals surface area contributed by atoms with Gasteiger partial charge in [-0.1, -0.05) is 12.1 Å². The Balaban J connectivity index is 1.95. The Morgan fingerprint density at radius 1 is 1.18 bits per heavy atom. The predicted molar refractivity (Wildman–Crippen MR) is 70.3 cm³/mol. The van der Waals surface area contributed by atoms with E-state index in [1.165, 1.54) is 5.56 Å². The summed E-state index contributed by atoms with van der Waals surface area (Å²) in [6.07, 6.45) is 0. The van der Waals surface area contributed by atoms with Crippen LogP contribution >= 0.6 is 0 Å². The molecule has 94 valence electrons. The van der Waals surface area contributed by atoms with Gasteiger partial charge in [-0.05, 0) is 31.5 Å². The van der Waals surface area contributed by atoms with Gasteiger partial charge in [-0.3, -0.25) is 4.90 Å². The lowest BCUT2D eigenvalue weighted by Crippen LogP contribution is -2.53. The number of nitrogens with zero attached hydrogens (tertiary/aromatic N) is 1. The van der Waals surface area contributed by atoms with Crippen molar-refractivity contribution in [2.24, 2.45) is 0 Å². The van der Waals surface area contributed by atoms with E-state index in [0.717, 1.165) is 25.4 Å². The first-order valence-electron chi connectivity index (χ1n) is 6.28. The molecule has 3 nitrogen and oxygen atoms in total. The number of piperazine rings is 1. The summed E-state index contributed by atoms with van der Waals surface area (Å²) in [6, 6.07) is 9.52. The van der Waals surface area contributed by atoms with Crippen molar-refractivity contribution in [1.29, 1.82) is 0 Å². The molecule has 1 heterocycles. The lowest BCUT2D eigenvalue weighted by Gasteiger charge is -2.36. The van der Waals surface area contributed by atoms with Crippen LogP contribution < -0.4 is 10.1 Å². The molecule has 0 aliphatic carbocycles. The van der Waals surface area contributed by atoms with Crippen LogP contribution in [0.5, 0.6) is 5.75 Å². The molecule has 0 radical (unpaired) electrons. The summed E-state index contributed by atoms with van der Waals surface area (Å²) in [5.74, 6) is 0.927. The van der Waals surface area contributed by atoms with Crippen molar-refractivity contribution in [2.75, 3.05) is 20.2 Å². The molecule has 1 saturated heterocycles. The van der Waals surface area contributed by atoms with E-state index >= 15 is 0 Å². The van der Waals surface area contributed by atoms with Gasteiger partial charge in [-0.25, -0.2) is 0 Å². The molecule has 1 fully saturated rings. The van der Waals surface area contributed by atoms with Gasteiger partial charge in [0.25, 0.3) is 0 Å². The highest BCUT2D eigenvalue weighted by Crippen LogP contribution is 2.14. The second-order valence-corrected chi connectivity index (χ2v) is 5.01. The van der Waals surface area contributed by atoms with Gasteiger partial charge in [0.05, 0.1) is 7.11 Å². The topological polar surface area (TPSA) is 24.5 Å². The smallest absolute Gasteiger partial charge is 0.118 e. The summed E-state index contributed by atoms with van der Waals surface area (Å²) in [5.41, 5.74) is 1.35. The van der Waals surface area contributed by atoms with Crippen LogP contribution in [0.25, 0.3) is 0 Å². The summed E-state index contributed by atoms with van der Waals surface area (Å²) in [5, 5.41) is 3.55. The molecule has 1 aromatic rings. The maximum atomic E-state index is 5.17. The zero-order chi connectivity index (χ0) is 12.3. The van der Waals surface area contributed by atoms with Crippen LogP contribution in [0.15, 0.2) is 24.3 Å². The van der Waals surface area contributed by atoms with Crippen LogP contribution in [0.4, 0.5) is 0 Å². The first-order chi connectivity index (χ1) is 8.17. The number of benzene rings is 1. The molecule has 0 saturated carbocycles. The number of ether oxygens (including phenoxy) is 1. The van der Waals surface area contributed by atoms with Crippen molar-refractivity contribution >= 4 is 0 Å². The Morgan fingerprint density at radius 3 is 2.29 bits per heavy atom. The Kier molecular flexibility index (Phi) is 4.02. The van der Waals surface area contributed by atoms with E-state index in [9.17, 15) is 0 Å². The van der Waals surface area contributed by atoms with E-state index in [4.69, 9.17) is 4.74 Å². The molecule has 0 spiro atoms. The molecule has 1 N–H and O–H groups in total. The molecule has 1 aliphatic heterocycles. The normalized spacial score (nSPS) is 25.8. The molecule has 3 heteroatoms. The van der Waals surface area contributed by atoms with E-state index in [1.807, 2.05) is 12.1 Å². The molecule has 2 rings (SSSR count). The van der Waals surface area contributed by atoms with Gasteiger partial charge >= 0.3 is 0 Å². The fourth-order valence-corrected chi connectivity index (χ4v) is 2.56. The minimum absolute atomic E-state index is 0.581. The number of hydrogen-bond donors (Lipinski definition) is 1. The van der Waals surface area contributed by atoms with Crippen molar-refractivity contribution in [1.82, 2.24) is 10.2 Å². The molecular formula is C14H22N2O. The number of methoxy groups -OCH3 is 1. The molecule has 0 amide bonds. The van der Waals surface area contributed by atoms with E-state index in [0.29, 0.717) is 12.1 Å². The van der Waals surface area contributed by atoms with Crippen LogP contribution in [-0.2, 0) is 6.54 Å². The van der Waals surface area contributed by atoms with E-state index < -0.39 is 0 Å². The maximum absolute atomic E-state index is 5.17. The van der Waals surface area contributed by atoms with Crippen molar-refractivity contribution in [3.05, 3.63) is 29.8 Å². The van der Waals surface area contributed by atoms with Gasteiger partial charge in [-0.15, -0.1) is 0 Å². The minimum Gasteiger partial charge on any atom is -0.497 e. The van der Waals surface area contributed by atoms with Crippen LogP contribution in [0, 0.1) is 0 Å². The highest BCUT2D eigenvalue weighted by molar-refractivity contribution is 5.27. The van der Waals surface area contributed by atoms with E-state index in [-0.39, 0.29) is 0 Å². The average Bonchev–Trinajstić information content (AvgIpc) is 2.28. The monoisotopic (exact) mass is 234 g/mol. The minimum atomic E-state index is 0.581. The molecule has 0 aromatic heterocycles. The molecule has 1 aromatic carbocycles. The maximum Gasteiger partial charge on any atom is 0.118 e. The second-order valence-electron chi connectivity index (χ2n) is 5.01. The van der Waals surface area contributed by atoms with Gasteiger partial charge in [0.1, 0.15) is 5.75 Å². The lowest BCUT2D eigenvalue weighted by atomic mass is 10.1. The Hall–Kier alpha value is -1.06. The summed E-state index contributed by atoms with van der Waals surface area (Å²) in [4.78, 5) is 2.51. The summed E-state index contributed by atoms with van der Waals surface area (Å²) in [7, 11) is 1.70. The Labute approximate surface area is 104 Å². The van der Waals surface area contributed by atoms with E-state index in [2.05, 4.69) is 36.2 Å². The van der Waals surface area contributed by atoms with Crippen molar-refractivity contribution in [3.8, 4) is 5.75 Å². The molecule has 1 aliphatic rings. The van der Waals surface area contributed by atoms with Crippen molar-refractivity contribution in [2.45, 2.75) is 32.5 Å². The summed E-state index contributed by atoms with van der Waals surface area (Å²) >= 11 is 0. The van der Waals surface area contributed by atoms with Gasteiger partial charge in [0, 0.05) is 31.7 Å². The highest BCUT2D eigenvalue weighted by Gasteiger charge is 2.20. The zero-order valence-corrected chi connectivity index (χ0v) is 10.9. The van der Waals surface area contributed by atoms with Crippen LogP contribution in [0.1, 0.15) is 19.4 Å². The number of nitrogens with one attached hydrogen (secondary N) is 1. The molecular weight excluding hydrogens is 212 g/mol. The van der Waals surface area contributed by atoms with Gasteiger partial charge in [0.15, 0.2) is 0 Å². The molecule has 0 bridgehead atoms. The Morgan fingerprint density at radius 2 is 1.76 bits per heavy atom. The molecule has 17 heavy (non-hydrogen) atoms. The van der Waals surface area contributed by atoms with Crippen molar-refractivity contribution < 1.29 is 4.74 Å².